The highest BCUT2D eigenvalue weighted by Gasteiger charge is 2.35. The second kappa shape index (κ2) is 7.87. The van der Waals surface area contributed by atoms with E-state index in [9.17, 15) is 30.1 Å². The van der Waals surface area contributed by atoms with Crippen LogP contribution in [0.4, 0.5) is 11.4 Å². The Bertz CT molecular complexity index is 709. The molecule has 1 aromatic rings. The molecule has 1 aliphatic rings. The van der Waals surface area contributed by atoms with E-state index in [4.69, 9.17) is 0 Å². The fourth-order valence-electron chi connectivity index (χ4n) is 3.54. The molecule has 2 rings (SSSR count). The number of non-ortho nitro benzene ring substituents is 1. The molecule has 0 saturated heterocycles. The van der Waals surface area contributed by atoms with E-state index in [1.807, 2.05) is 0 Å². The summed E-state index contributed by atoms with van der Waals surface area (Å²) in [6.45, 7) is 3.53. The molecule has 1 unspecified atom stereocenters. The van der Waals surface area contributed by atoms with Crippen LogP contribution in [0, 0.1) is 20.2 Å². The SMILES string of the molecule is C=CCC(C(=O)O)c1c(C2CCCCC2)cc([N+](=O)[O-])cc1[N+](=O)[O-]. The maximum Gasteiger partial charge on any atom is 0.311 e. The summed E-state index contributed by atoms with van der Waals surface area (Å²) in [5.41, 5.74) is -0.368. The number of carboxylic acid groups (broad SMARTS) is 1. The minimum absolute atomic E-state index is 0.0215. The number of hydrogen-bond acceptors (Lipinski definition) is 5. The molecule has 0 heterocycles. The molecule has 0 aromatic heterocycles. The van der Waals surface area contributed by atoms with E-state index in [1.54, 1.807) is 0 Å². The fraction of sp³-hybridized carbons (Fsp3) is 0.471. The van der Waals surface area contributed by atoms with Gasteiger partial charge in [-0.2, -0.15) is 0 Å². The molecule has 25 heavy (non-hydrogen) atoms. The third-order valence-electron chi connectivity index (χ3n) is 4.68. The van der Waals surface area contributed by atoms with Crippen LogP contribution < -0.4 is 0 Å². The topological polar surface area (TPSA) is 124 Å². The summed E-state index contributed by atoms with van der Waals surface area (Å²) >= 11 is 0. The van der Waals surface area contributed by atoms with Gasteiger partial charge in [-0.25, -0.2) is 0 Å². The van der Waals surface area contributed by atoms with Crippen molar-refractivity contribution in [1.82, 2.24) is 0 Å². The number of rotatable bonds is 7. The highest BCUT2D eigenvalue weighted by molar-refractivity contribution is 5.79. The smallest absolute Gasteiger partial charge is 0.311 e. The number of benzene rings is 1. The molecular weight excluding hydrogens is 328 g/mol. The summed E-state index contributed by atoms with van der Waals surface area (Å²) in [5.74, 6) is -2.45. The Labute approximate surface area is 144 Å². The summed E-state index contributed by atoms with van der Waals surface area (Å²) in [7, 11) is 0. The zero-order chi connectivity index (χ0) is 18.6. The first-order chi connectivity index (χ1) is 11.9. The summed E-state index contributed by atoms with van der Waals surface area (Å²) < 4.78 is 0. The van der Waals surface area contributed by atoms with Crippen LogP contribution >= 0.6 is 0 Å². The third kappa shape index (κ3) is 4.01. The summed E-state index contributed by atoms with van der Waals surface area (Å²) in [4.78, 5) is 33.0. The van der Waals surface area contributed by atoms with Crippen molar-refractivity contribution in [2.45, 2.75) is 50.4 Å². The number of carboxylic acids is 1. The van der Waals surface area contributed by atoms with Crippen LogP contribution in [-0.4, -0.2) is 20.9 Å². The normalized spacial score (nSPS) is 16.2. The summed E-state index contributed by atoms with van der Waals surface area (Å²) in [6.07, 6.45) is 5.78. The van der Waals surface area contributed by atoms with Gasteiger partial charge in [-0.15, -0.1) is 6.58 Å². The van der Waals surface area contributed by atoms with Crippen LogP contribution in [0.1, 0.15) is 61.5 Å². The molecule has 8 heteroatoms. The van der Waals surface area contributed by atoms with E-state index in [2.05, 4.69) is 6.58 Å². The molecule has 1 saturated carbocycles. The average Bonchev–Trinajstić information content (AvgIpc) is 2.59. The predicted molar refractivity (Wildman–Crippen MR) is 90.8 cm³/mol. The second-order valence-electron chi connectivity index (χ2n) is 6.23. The Balaban J connectivity index is 2.74. The van der Waals surface area contributed by atoms with Gasteiger partial charge < -0.3 is 5.11 Å². The van der Waals surface area contributed by atoms with Gasteiger partial charge >= 0.3 is 5.97 Å². The van der Waals surface area contributed by atoms with Crippen LogP contribution in [0.2, 0.25) is 0 Å². The molecule has 0 spiro atoms. The van der Waals surface area contributed by atoms with Gasteiger partial charge in [0, 0.05) is 11.6 Å². The largest absolute Gasteiger partial charge is 0.481 e. The van der Waals surface area contributed by atoms with Crippen molar-refractivity contribution in [3.05, 3.63) is 56.1 Å². The maximum atomic E-state index is 11.7. The molecule has 1 atom stereocenters. The molecule has 1 aliphatic carbocycles. The monoisotopic (exact) mass is 348 g/mol. The Morgan fingerprint density at radius 1 is 1.24 bits per heavy atom. The number of nitro groups is 2. The van der Waals surface area contributed by atoms with E-state index < -0.39 is 27.4 Å². The zero-order valence-corrected chi connectivity index (χ0v) is 13.7. The van der Waals surface area contributed by atoms with E-state index in [0.717, 1.165) is 38.2 Å². The first kappa shape index (κ1) is 18.6. The molecule has 1 aromatic carbocycles. The summed E-state index contributed by atoms with van der Waals surface area (Å²) in [6, 6.07) is 2.18. The van der Waals surface area contributed by atoms with E-state index in [0.29, 0.717) is 5.56 Å². The van der Waals surface area contributed by atoms with Crippen molar-refractivity contribution in [2.24, 2.45) is 0 Å². The number of hydrogen-bond donors (Lipinski definition) is 1. The van der Waals surface area contributed by atoms with Gasteiger partial charge in [0.25, 0.3) is 11.4 Å². The standard InChI is InChI=1S/C17H20N2O6/c1-2-6-13(17(20)21)16-14(11-7-4-3-5-8-11)9-12(18(22)23)10-15(16)19(24)25/h2,9-11,13H,1,3-8H2,(H,20,21). The van der Waals surface area contributed by atoms with Crippen molar-refractivity contribution in [1.29, 1.82) is 0 Å². The minimum atomic E-state index is -1.20. The summed E-state index contributed by atoms with van der Waals surface area (Å²) in [5, 5.41) is 32.3. The highest BCUT2D eigenvalue weighted by atomic mass is 16.6. The van der Waals surface area contributed by atoms with Gasteiger partial charge in [0.2, 0.25) is 0 Å². The number of aliphatic carboxylic acids is 1. The number of nitro benzene ring substituents is 2. The van der Waals surface area contributed by atoms with Crippen LogP contribution in [0.15, 0.2) is 24.8 Å². The maximum absolute atomic E-state index is 11.7. The van der Waals surface area contributed by atoms with Gasteiger partial charge in [-0.3, -0.25) is 25.0 Å². The van der Waals surface area contributed by atoms with Crippen molar-refractivity contribution in [3.8, 4) is 0 Å². The van der Waals surface area contributed by atoms with Crippen LogP contribution in [-0.2, 0) is 4.79 Å². The zero-order valence-electron chi connectivity index (χ0n) is 13.7. The van der Waals surface area contributed by atoms with Crippen molar-refractivity contribution < 1.29 is 19.7 Å². The van der Waals surface area contributed by atoms with Crippen LogP contribution in [0.3, 0.4) is 0 Å². The van der Waals surface area contributed by atoms with Crippen molar-refractivity contribution in [3.63, 3.8) is 0 Å². The van der Waals surface area contributed by atoms with Gasteiger partial charge in [-0.1, -0.05) is 25.3 Å². The van der Waals surface area contributed by atoms with Crippen molar-refractivity contribution in [2.75, 3.05) is 0 Å². The van der Waals surface area contributed by atoms with Gasteiger partial charge in [0.05, 0.1) is 21.8 Å². The molecule has 0 bridgehead atoms. The number of carbonyl (C=O) groups is 1. The molecule has 0 amide bonds. The quantitative estimate of drug-likeness (QED) is 0.445. The van der Waals surface area contributed by atoms with Gasteiger partial charge in [0.15, 0.2) is 0 Å². The Hall–Kier alpha value is -2.77. The molecule has 1 N–H and O–H groups in total. The lowest BCUT2D eigenvalue weighted by Crippen LogP contribution is -2.18. The number of nitrogens with zero attached hydrogens (tertiary/aromatic N) is 2. The van der Waals surface area contributed by atoms with Gasteiger partial charge in [-0.05, 0) is 30.7 Å². The van der Waals surface area contributed by atoms with E-state index in [1.165, 1.54) is 12.1 Å². The first-order valence-electron chi connectivity index (χ1n) is 8.17. The van der Waals surface area contributed by atoms with E-state index >= 15 is 0 Å². The predicted octanol–water partition coefficient (Wildman–Crippen LogP) is 4.30. The second-order valence-corrected chi connectivity index (χ2v) is 6.23. The lowest BCUT2D eigenvalue weighted by molar-refractivity contribution is -0.394. The van der Waals surface area contributed by atoms with Crippen molar-refractivity contribution >= 4 is 17.3 Å². The molecular formula is C17H20N2O6. The Morgan fingerprint density at radius 2 is 1.88 bits per heavy atom. The molecule has 0 aliphatic heterocycles. The Kier molecular flexibility index (Phi) is 5.84. The van der Waals surface area contributed by atoms with E-state index in [-0.39, 0.29) is 23.6 Å². The Morgan fingerprint density at radius 3 is 2.36 bits per heavy atom. The third-order valence-corrected chi connectivity index (χ3v) is 4.68. The minimum Gasteiger partial charge on any atom is -0.481 e. The number of allylic oxidation sites excluding steroid dienone is 1. The molecule has 134 valence electrons. The highest BCUT2D eigenvalue weighted by Crippen LogP contribution is 2.43. The molecule has 8 nitrogen and oxygen atoms in total. The lowest BCUT2D eigenvalue weighted by Gasteiger charge is -2.26. The lowest BCUT2D eigenvalue weighted by atomic mass is 9.78. The van der Waals surface area contributed by atoms with Crippen LogP contribution in [0.25, 0.3) is 0 Å². The molecule has 1 fully saturated rings. The first-order valence-corrected chi connectivity index (χ1v) is 8.17. The van der Waals surface area contributed by atoms with Gasteiger partial charge in [0.1, 0.15) is 0 Å². The average molecular weight is 348 g/mol. The van der Waals surface area contributed by atoms with Crippen LogP contribution in [0.5, 0.6) is 0 Å². The fourth-order valence-corrected chi connectivity index (χ4v) is 3.54. The molecule has 0 radical (unpaired) electrons.